The Kier molecular flexibility index (Phi) is 3.40. The highest BCUT2D eigenvalue weighted by molar-refractivity contribution is 5.51. The summed E-state index contributed by atoms with van der Waals surface area (Å²) >= 11 is 0. The van der Waals surface area contributed by atoms with Gasteiger partial charge in [-0.3, -0.25) is 5.43 Å². The molecular weight excluding hydrogens is 128 g/mol. The molecule has 3 heteroatoms. The summed E-state index contributed by atoms with van der Waals surface area (Å²) in [7, 11) is 0. The molecule has 0 unspecified atom stereocenters. The highest BCUT2D eigenvalue weighted by Crippen LogP contribution is 2.00. The van der Waals surface area contributed by atoms with Crippen molar-refractivity contribution >= 4 is 6.29 Å². The van der Waals surface area contributed by atoms with E-state index in [2.05, 4.69) is 5.43 Å². The minimum atomic E-state index is 0.528. The van der Waals surface area contributed by atoms with Crippen LogP contribution < -0.4 is 5.43 Å². The van der Waals surface area contributed by atoms with Gasteiger partial charge in [-0.15, -0.1) is 0 Å². The Balaban J connectivity index is 2.21. The number of nitrogens with zero attached hydrogens (tertiary/aromatic N) is 1. The summed E-state index contributed by atoms with van der Waals surface area (Å²) in [5.74, 6) is 0. The van der Waals surface area contributed by atoms with E-state index in [0.29, 0.717) is 6.54 Å². The predicted molar refractivity (Wildman–Crippen MR) is 39.5 cm³/mol. The minimum absolute atomic E-state index is 0.528. The number of carbonyl (C=O) groups excluding carboxylic acids is 1. The third kappa shape index (κ3) is 2.45. The number of hydrogen-bond donors (Lipinski definition) is 1. The van der Waals surface area contributed by atoms with Crippen LogP contribution in [-0.4, -0.2) is 30.9 Å². The van der Waals surface area contributed by atoms with Crippen LogP contribution in [0.25, 0.3) is 0 Å². The largest absolute Gasteiger partial charge is 0.302 e. The van der Waals surface area contributed by atoms with Crippen LogP contribution in [-0.2, 0) is 4.79 Å². The minimum Gasteiger partial charge on any atom is -0.302 e. The van der Waals surface area contributed by atoms with Crippen molar-refractivity contribution in [1.82, 2.24) is 10.4 Å². The van der Waals surface area contributed by atoms with Crippen LogP contribution in [0.15, 0.2) is 0 Å². The first-order valence-corrected chi connectivity index (χ1v) is 3.85. The van der Waals surface area contributed by atoms with Gasteiger partial charge in [0.2, 0.25) is 0 Å². The Labute approximate surface area is 61.4 Å². The van der Waals surface area contributed by atoms with Crippen LogP contribution in [0.2, 0.25) is 0 Å². The first-order valence-electron chi connectivity index (χ1n) is 3.85. The second-order valence-corrected chi connectivity index (χ2v) is 2.58. The SMILES string of the molecule is O=CCN1CCCCCN1. The lowest BCUT2D eigenvalue weighted by molar-refractivity contribution is -0.109. The Bertz CT molecular complexity index is 97.8. The molecule has 0 saturated carbocycles. The number of hydrogen-bond acceptors (Lipinski definition) is 3. The summed E-state index contributed by atoms with van der Waals surface area (Å²) in [6.07, 6.45) is 4.66. The molecule has 1 heterocycles. The lowest BCUT2D eigenvalue weighted by atomic mass is 10.2. The van der Waals surface area contributed by atoms with Gasteiger partial charge in [0, 0.05) is 13.1 Å². The maximum absolute atomic E-state index is 10.1. The zero-order chi connectivity index (χ0) is 7.23. The fourth-order valence-electron chi connectivity index (χ4n) is 1.17. The van der Waals surface area contributed by atoms with Gasteiger partial charge >= 0.3 is 0 Å². The summed E-state index contributed by atoms with van der Waals surface area (Å²) in [6.45, 7) is 2.56. The van der Waals surface area contributed by atoms with E-state index in [1.54, 1.807) is 0 Å². The molecule has 0 aromatic heterocycles. The molecule has 0 radical (unpaired) electrons. The number of hydrazine groups is 1. The van der Waals surface area contributed by atoms with Gasteiger partial charge in [-0.2, -0.15) is 0 Å². The topological polar surface area (TPSA) is 32.3 Å². The zero-order valence-electron chi connectivity index (χ0n) is 6.18. The smallest absolute Gasteiger partial charge is 0.135 e. The first-order chi connectivity index (χ1) is 4.93. The normalized spacial score (nSPS) is 22.0. The first kappa shape index (κ1) is 7.69. The van der Waals surface area contributed by atoms with Crippen molar-refractivity contribution in [3.8, 4) is 0 Å². The third-order valence-electron chi connectivity index (χ3n) is 1.74. The van der Waals surface area contributed by atoms with E-state index in [0.717, 1.165) is 19.4 Å². The molecule has 1 saturated heterocycles. The second-order valence-electron chi connectivity index (χ2n) is 2.58. The average Bonchev–Trinajstić information content (AvgIpc) is 2.17. The molecule has 1 aliphatic rings. The Morgan fingerprint density at radius 3 is 3.10 bits per heavy atom. The molecule has 0 aromatic rings. The molecule has 58 valence electrons. The van der Waals surface area contributed by atoms with Gasteiger partial charge in [0.05, 0.1) is 6.54 Å². The molecule has 3 nitrogen and oxygen atoms in total. The Hall–Kier alpha value is -0.410. The van der Waals surface area contributed by atoms with Crippen LogP contribution in [0.1, 0.15) is 19.3 Å². The predicted octanol–water partition coefficient (Wildman–Crippen LogP) is 0.176. The molecule has 1 rings (SSSR count). The van der Waals surface area contributed by atoms with E-state index >= 15 is 0 Å². The summed E-state index contributed by atoms with van der Waals surface area (Å²) in [5, 5.41) is 1.99. The molecule has 1 aliphatic heterocycles. The summed E-state index contributed by atoms with van der Waals surface area (Å²) in [6, 6.07) is 0. The molecule has 1 fully saturated rings. The van der Waals surface area contributed by atoms with Gasteiger partial charge in [0.1, 0.15) is 6.29 Å². The summed E-state index contributed by atoms with van der Waals surface area (Å²) in [4.78, 5) is 10.1. The van der Waals surface area contributed by atoms with E-state index in [1.807, 2.05) is 5.01 Å². The Morgan fingerprint density at radius 1 is 1.40 bits per heavy atom. The van der Waals surface area contributed by atoms with Crippen LogP contribution in [0.5, 0.6) is 0 Å². The third-order valence-corrected chi connectivity index (χ3v) is 1.74. The van der Waals surface area contributed by atoms with Gasteiger partial charge < -0.3 is 4.79 Å². The summed E-state index contributed by atoms with van der Waals surface area (Å²) < 4.78 is 0. The van der Waals surface area contributed by atoms with E-state index in [9.17, 15) is 4.79 Å². The van der Waals surface area contributed by atoms with E-state index in [1.165, 1.54) is 19.3 Å². The van der Waals surface area contributed by atoms with Gasteiger partial charge in [-0.05, 0) is 12.8 Å². The average molecular weight is 142 g/mol. The van der Waals surface area contributed by atoms with Gasteiger partial charge in [-0.25, -0.2) is 5.01 Å². The molecule has 0 aliphatic carbocycles. The van der Waals surface area contributed by atoms with Crippen LogP contribution >= 0.6 is 0 Å². The van der Waals surface area contributed by atoms with Gasteiger partial charge in [0.15, 0.2) is 0 Å². The van der Waals surface area contributed by atoms with Crippen molar-refractivity contribution in [3.05, 3.63) is 0 Å². The van der Waals surface area contributed by atoms with Crippen molar-refractivity contribution in [2.45, 2.75) is 19.3 Å². The fourth-order valence-corrected chi connectivity index (χ4v) is 1.17. The standard InChI is InChI=1S/C7H14N2O/c10-7-6-9-5-3-1-2-4-8-9/h7-8H,1-6H2. The van der Waals surface area contributed by atoms with Crippen LogP contribution in [0, 0.1) is 0 Å². The second kappa shape index (κ2) is 4.41. The quantitative estimate of drug-likeness (QED) is 0.558. The zero-order valence-corrected chi connectivity index (χ0v) is 6.18. The number of rotatable bonds is 2. The van der Waals surface area contributed by atoms with Crippen molar-refractivity contribution < 1.29 is 4.79 Å². The van der Waals surface area contributed by atoms with E-state index < -0.39 is 0 Å². The molecule has 0 atom stereocenters. The van der Waals surface area contributed by atoms with Crippen molar-refractivity contribution in [2.75, 3.05) is 19.6 Å². The van der Waals surface area contributed by atoms with Crippen molar-refractivity contribution in [2.24, 2.45) is 0 Å². The molecule has 0 bridgehead atoms. The molecule has 0 amide bonds. The molecule has 0 aromatic carbocycles. The van der Waals surface area contributed by atoms with E-state index in [-0.39, 0.29) is 0 Å². The van der Waals surface area contributed by atoms with Gasteiger partial charge in [0.25, 0.3) is 0 Å². The lowest BCUT2D eigenvalue weighted by Crippen LogP contribution is -2.38. The van der Waals surface area contributed by atoms with E-state index in [4.69, 9.17) is 0 Å². The highest BCUT2D eigenvalue weighted by atomic mass is 16.1. The van der Waals surface area contributed by atoms with Gasteiger partial charge in [-0.1, -0.05) is 6.42 Å². The van der Waals surface area contributed by atoms with Crippen LogP contribution in [0.4, 0.5) is 0 Å². The Morgan fingerprint density at radius 2 is 2.30 bits per heavy atom. The maximum atomic E-state index is 10.1. The summed E-state index contributed by atoms with van der Waals surface area (Å²) in [5.41, 5.74) is 3.18. The highest BCUT2D eigenvalue weighted by Gasteiger charge is 2.05. The fraction of sp³-hybridized carbons (Fsp3) is 0.857. The van der Waals surface area contributed by atoms with Crippen LogP contribution in [0.3, 0.4) is 0 Å². The molecule has 1 N–H and O–H groups in total. The number of carbonyl (C=O) groups is 1. The number of aldehydes is 1. The molecule has 0 spiro atoms. The van der Waals surface area contributed by atoms with Crippen molar-refractivity contribution in [3.63, 3.8) is 0 Å². The number of nitrogens with one attached hydrogen (secondary N) is 1. The lowest BCUT2D eigenvalue weighted by Gasteiger charge is -2.16. The van der Waals surface area contributed by atoms with Crippen molar-refractivity contribution in [1.29, 1.82) is 0 Å². The molecule has 10 heavy (non-hydrogen) atoms. The monoisotopic (exact) mass is 142 g/mol. The maximum Gasteiger partial charge on any atom is 0.135 e. The molecular formula is C7H14N2O.